The molecule has 0 aliphatic rings. The van der Waals surface area contributed by atoms with Crippen molar-refractivity contribution in [3.63, 3.8) is 0 Å². The predicted octanol–water partition coefficient (Wildman–Crippen LogP) is 7.61. The third kappa shape index (κ3) is 8.12. The number of benzene rings is 4. The summed E-state index contributed by atoms with van der Waals surface area (Å²) in [5, 5.41) is 5.07. The molecule has 0 saturated heterocycles. The van der Waals surface area contributed by atoms with Crippen LogP contribution in [0.15, 0.2) is 87.3 Å². The van der Waals surface area contributed by atoms with Crippen LogP contribution in [-0.2, 0) is 21.4 Å². The number of nitrogens with zero attached hydrogens (tertiary/aromatic N) is 2. The van der Waals surface area contributed by atoms with Crippen molar-refractivity contribution in [3.8, 4) is 11.5 Å². The first-order valence-corrected chi connectivity index (χ1v) is 16.3. The molecular formula is C32H30BrCl2N3O5S. The number of amides is 1. The first kappa shape index (κ1) is 33.3. The van der Waals surface area contributed by atoms with Crippen LogP contribution in [0.3, 0.4) is 0 Å². The summed E-state index contributed by atoms with van der Waals surface area (Å²) in [6.45, 7) is 5.23. The fourth-order valence-corrected chi connectivity index (χ4v) is 6.73. The van der Waals surface area contributed by atoms with Gasteiger partial charge in [0.25, 0.3) is 15.9 Å². The molecule has 0 unspecified atom stereocenters. The van der Waals surface area contributed by atoms with Gasteiger partial charge in [0.05, 0.1) is 28.4 Å². The number of ether oxygens (including phenoxy) is 2. The standard InChI is InChI=1S/C32H30BrCl2N3O5S/c1-20-6-11-26(12-7-20)44(40,41)38(29-13-21(2)5-8-22(29)3)18-31(39)37-36-17-23-14-27(33)32(30(15-23)42-4)43-19-24-9-10-25(34)16-28(24)35/h5-17H,18-19H2,1-4H3,(H,37,39)/b36-17-. The Labute approximate surface area is 275 Å². The Kier molecular flexibility index (Phi) is 11.0. The highest BCUT2D eigenvalue weighted by Crippen LogP contribution is 2.37. The summed E-state index contributed by atoms with van der Waals surface area (Å²) in [5.74, 6) is 0.247. The van der Waals surface area contributed by atoms with Crippen LogP contribution in [0.2, 0.25) is 10.0 Å². The minimum atomic E-state index is -4.06. The van der Waals surface area contributed by atoms with Gasteiger partial charge in [-0.3, -0.25) is 9.10 Å². The van der Waals surface area contributed by atoms with E-state index in [0.29, 0.717) is 42.8 Å². The van der Waals surface area contributed by atoms with Crippen molar-refractivity contribution in [2.75, 3.05) is 18.0 Å². The lowest BCUT2D eigenvalue weighted by atomic mass is 10.1. The van der Waals surface area contributed by atoms with Crippen molar-refractivity contribution in [2.24, 2.45) is 5.10 Å². The Balaban J connectivity index is 1.51. The highest BCUT2D eigenvalue weighted by molar-refractivity contribution is 9.10. The fourth-order valence-electron chi connectivity index (χ4n) is 4.21. The minimum absolute atomic E-state index is 0.0814. The maximum absolute atomic E-state index is 13.7. The smallest absolute Gasteiger partial charge is 0.264 e. The molecule has 0 fully saturated rings. The zero-order valence-electron chi connectivity index (χ0n) is 24.4. The number of nitrogens with one attached hydrogen (secondary N) is 1. The van der Waals surface area contributed by atoms with Crippen LogP contribution < -0.4 is 19.2 Å². The number of anilines is 1. The lowest BCUT2D eigenvalue weighted by Gasteiger charge is -2.25. The first-order chi connectivity index (χ1) is 20.9. The molecule has 0 aromatic heterocycles. The largest absolute Gasteiger partial charge is 0.493 e. The van der Waals surface area contributed by atoms with Gasteiger partial charge in [-0.05, 0) is 95.9 Å². The molecule has 0 aliphatic heterocycles. The first-order valence-electron chi connectivity index (χ1n) is 13.3. The van der Waals surface area contributed by atoms with E-state index in [1.165, 1.54) is 25.5 Å². The van der Waals surface area contributed by atoms with E-state index in [4.69, 9.17) is 32.7 Å². The molecule has 44 heavy (non-hydrogen) atoms. The fraction of sp³-hybridized carbons (Fsp3) is 0.188. The van der Waals surface area contributed by atoms with Gasteiger partial charge >= 0.3 is 0 Å². The van der Waals surface area contributed by atoms with Gasteiger partial charge in [-0.15, -0.1) is 0 Å². The summed E-state index contributed by atoms with van der Waals surface area (Å²) < 4.78 is 40.6. The Morgan fingerprint density at radius 3 is 2.36 bits per heavy atom. The van der Waals surface area contributed by atoms with Gasteiger partial charge in [-0.2, -0.15) is 5.10 Å². The van der Waals surface area contributed by atoms with Crippen LogP contribution in [0, 0.1) is 20.8 Å². The van der Waals surface area contributed by atoms with Gasteiger partial charge in [0.2, 0.25) is 0 Å². The number of halogens is 3. The Morgan fingerprint density at radius 2 is 1.68 bits per heavy atom. The SMILES string of the molecule is COc1cc(/C=N\NC(=O)CN(c2cc(C)ccc2C)S(=O)(=O)c2ccc(C)cc2)cc(Br)c1OCc1ccc(Cl)cc1Cl. The molecule has 0 atom stereocenters. The normalized spacial score (nSPS) is 11.4. The van der Waals surface area contributed by atoms with Crippen molar-refractivity contribution in [3.05, 3.63) is 115 Å². The molecule has 4 rings (SSSR count). The topological polar surface area (TPSA) is 97.3 Å². The number of hydrogen-bond donors (Lipinski definition) is 1. The third-order valence-electron chi connectivity index (χ3n) is 6.57. The number of carbonyl (C=O) groups is 1. The highest BCUT2D eigenvalue weighted by Gasteiger charge is 2.28. The highest BCUT2D eigenvalue weighted by atomic mass is 79.9. The number of methoxy groups -OCH3 is 1. The van der Waals surface area contributed by atoms with Crippen LogP contribution in [-0.4, -0.2) is 34.2 Å². The van der Waals surface area contributed by atoms with Gasteiger partial charge < -0.3 is 9.47 Å². The van der Waals surface area contributed by atoms with E-state index in [1.54, 1.807) is 55.5 Å². The third-order valence-corrected chi connectivity index (χ3v) is 9.52. The molecular weight excluding hydrogens is 689 g/mol. The summed E-state index contributed by atoms with van der Waals surface area (Å²) in [5.41, 5.74) is 6.67. The second-order valence-electron chi connectivity index (χ2n) is 9.97. The van der Waals surface area contributed by atoms with E-state index < -0.39 is 22.5 Å². The van der Waals surface area contributed by atoms with Gasteiger partial charge in [-0.25, -0.2) is 13.8 Å². The monoisotopic (exact) mass is 717 g/mol. The summed E-state index contributed by atoms with van der Waals surface area (Å²) in [4.78, 5) is 13.1. The molecule has 0 saturated carbocycles. The maximum Gasteiger partial charge on any atom is 0.264 e. The summed E-state index contributed by atoms with van der Waals surface area (Å²) in [6, 6.07) is 20.5. The molecule has 4 aromatic carbocycles. The zero-order chi connectivity index (χ0) is 32.0. The van der Waals surface area contributed by atoms with E-state index in [2.05, 4.69) is 26.5 Å². The number of hydrazone groups is 1. The van der Waals surface area contributed by atoms with Gasteiger partial charge in [0.1, 0.15) is 13.2 Å². The predicted molar refractivity (Wildman–Crippen MR) is 179 cm³/mol. The lowest BCUT2D eigenvalue weighted by molar-refractivity contribution is -0.119. The van der Waals surface area contributed by atoms with E-state index >= 15 is 0 Å². The molecule has 0 aliphatic carbocycles. The van der Waals surface area contributed by atoms with Crippen LogP contribution in [0.5, 0.6) is 11.5 Å². The molecule has 8 nitrogen and oxygen atoms in total. The zero-order valence-corrected chi connectivity index (χ0v) is 28.3. The molecule has 1 N–H and O–H groups in total. The average Bonchev–Trinajstić information content (AvgIpc) is 2.97. The molecule has 12 heteroatoms. The number of aryl methyl sites for hydroxylation is 3. The van der Waals surface area contributed by atoms with E-state index in [-0.39, 0.29) is 11.5 Å². The molecule has 4 aromatic rings. The Bertz CT molecular complexity index is 1820. The van der Waals surface area contributed by atoms with E-state index in [0.717, 1.165) is 21.0 Å². The van der Waals surface area contributed by atoms with Gasteiger partial charge in [0, 0.05) is 15.6 Å². The number of rotatable bonds is 11. The second-order valence-corrected chi connectivity index (χ2v) is 13.5. The lowest BCUT2D eigenvalue weighted by Crippen LogP contribution is -2.40. The molecule has 230 valence electrons. The summed E-state index contributed by atoms with van der Waals surface area (Å²) in [7, 11) is -2.56. The Hall–Kier alpha value is -3.57. The molecule has 1 amide bonds. The minimum Gasteiger partial charge on any atom is -0.493 e. The Morgan fingerprint density at radius 1 is 0.977 bits per heavy atom. The van der Waals surface area contributed by atoms with Crippen LogP contribution in [0.4, 0.5) is 5.69 Å². The quantitative estimate of drug-likeness (QED) is 0.127. The van der Waals surface area contributed by atoms with E-state index in [1.807, 2.05) is 26.0 Å². The summed E-state index contributed by atoms with van der Waals surface area (Å²) in [6.07, 6.45) is 1.42. The van der Waals surface area contributed by atoms with Crippen molar-refractivity contribution in [1.82, 2.24) is 5.43 Å². The van der Waals surface area contributed by atoms with E-state index in [9.17, 15) is 13.2 Å². The van der Waals surface area contributed by atoms with Gasteiger partial charge in [-0.1, -0.05) is 59.1 Å². The number of hydrogen-bond acceptors (Lipinski definition) is 6. The molecule has 0 radical (unpaired) electrons. The number of sulfonamides is 1. The van der Waals surface area contributed by atoms with Crippen LogP contribution in [0.25, 0.3) is 0 Å². The number of carbonyl (C=O) groups excluding carboxylic acids is 1. The molecule has 0 bridgehead atoms. The van der Waals surface area contributed by atoms with Crippen LogP contribution in [0.1, 0.15) is 27.8 Å². The molecule has 0 heterocycles. The maximum atomic E-state index is 13.7. The average molecular weight is 719 g/mol. The van der Waals surface area contributed by atoms with Gasteiger partial charge in [0.15, 0.2) is 11.5 Å². The second kappa shape index (κ2) is 14.5. The van der Waals surface area contributed by atoms with Crippen molar-refractivity contribution in [2.45, 2.75) is 32.3 Å². The van der Waals surface area contributed by atoms with Crippen molar-refractivity contribution < 1.29 is 22.7 Å². The summed E-state index contributed by atoms with van der Waals surface area (Å²) >= 11 is 15.7. The van der Waals surface area contributed by atoms with Crippen LogP contribution >= 0.6 is 39.1 Å². The molecule has 0 spiro atoms. The van der Waals surface area contributed by atoms with Crippen molar-refractivity contribution >= 4 is 67.0 Å². The van der Waals surface area contributed by atoms with Crippen molar-refractivity contribution in [1.29, 1.82) is 0 Å².